The van der Waals surface area contributed by atoms with Crippen molar-refractivity contribution >= 4 is 0 Å². The van der Waals surface area contributed by atoms with Gasteiger partial charge in [-0.2, -0.15) is 0 Å². The van der Waals surface area contributed by atoms with E-state index < -0.39 is 43.2 Å². The van der Waals surface area contributed by atoms with E-state index in [9.17, 15) is 35.7 Å². The number of hydrogen-bond donors (Lipinski definition) is 7. The fourth-order valence-corrected chi connectivity index (χ4v) is 4.88. The van der Waals surface area contributed by atoms with Gasteiger partial charge in [0.1, 0.15) is 24.4 Å². The van der Waals surface area contributed by atoms with E-state index >= 15 is 0 Å². The highest BCUT2D eigenvalue weighted by molar-refractivity contribution is 5.54. The summed E-state index contributed by atoms with van der Waals surface area (Å²) in [4.78, 5) is 0. The normalized spacial score (nSPS) is 23.9. The Balaban J connectivity index is 1.86. The molecule has 7 N–H and O–H groups in total. The molecule has 1 aliphatic heterocycles. The Kier molecular flexibility index (Phi) is 11.7. The molecule has 2 aromatic rings. The van der Waals surface area contributed by atoms with Gasteiger partial charge in [-0.3, -0.25) is 0 Å². The number of aromatic hydroxyl groups is 1. The Labute approximate surface area is 238 Å². The zero-order chi connectivity index (χ0) is 30.3. The first-order chi connectivity index (χ1) is 19.6. The highest BCUT2D eigenvalue weighted by Crippen LogP contribution is 2.42. The number of phenols is 1. The minimum Gasteiger partial charge on any atom is -0.502 e. The SMILES string of the molecule is COc1cc(C[C@H](CO)[C@H](CO)Cc2cc(OC)c(O[C@@H]3O[C@H](CO)[C@@H](O)[C@H](O)[C@H]3O)c(OC)c2)cc(OC)c1O. The summed E-state index contributed by atoms with van der Waals surface area (Å²) in [5.74, 6) is -0.0440. The zero-order valence-corrected chi connectivity index (χ0v) is 23.5. The maximum Gasteiger partial charge on any atom is 0.229 e. The molecule has 7 atom stereocenters. The average molecular weight is 585 g/mol. The Morgan fingerprint density at radius 1 is 0.683 bits per heavy atom. The molecule has 1 aliphatic rings. The van der Waals surface area contributed by atoms with Gasteiger partial charge in [-0.1, -0.05) is 0 Å². The Hall–Kier alpha value is -3.04. The van der Waals surface area contributed by atoms with Gasteiger partial charge in [0.15, 0.2) is 23.0 Å². The van der Waals surface area contributed by atoms with Gasteiger partial charge < -0.3 is 64.2 Å². The van der Waals surface area contributed by atoms with Crippen LogP contribution < -0.4 is 23.7 Å². The lowest BCUT2D eigenvalue weighted by Crippen LogP contribution is -2.60. The Morgan fingerprint density at radius 2 is 1.12 bits per heavy atom. The first kappa shape index (κ1) is 32.5. The van der Waals surface area contributed by atoms with Crippen LogP contribution in [0.4, 0.5) is 0 Å². The highest BCUT2D eigenvalue weighted by atomic mass is 16.7. The summed E-state index contributed by atoms with van der Waals surface area (Å²) in [6, 6.07) is 6.58. The Bertz CT molecular complexity index is 1070. The average Bonchev–Trinajstić information content (AvgIpc) is 2.99. The van der Waals surface area contributed by atoms with Gasteiger partial charge in [-0.05, 0) is 60.1 Å². The number of rotatable bonds is 14. The molecule has 13 nitrogen and oxygen atoms in total. The van der Waals surface area contributed by atoms with Crippen LogP contribution in [0.1, 0.15) is 11.1 Å². The van der Waals surface area contributed by atoms with E-state index in [-0.39, 0.29) is 53.6 Å². The molecule has 230 valence electrons. The fourth-order valence-electron chi connectivity index (χ4n) is 4.88. The molecule has 0 saturated carbocycles. The third-order valence-electron chi connectivity index (χ3n) is 7.27. The van der Waals surface area contributed by atoms with Crippen LogP contribution >= 0.6 is 0 Å². The van der Waals surface area contributed by atoms with Crippen molar-refractivity contribution in [1.29, 1.82) is 0 Å². The number of benzene rings is 2. The smallest absolute Gasteiger partial charge is 0.229 e. The van der Waals surface area contributed by atoms with Gasteiger partial charge in [0.25, 0.3) is 0 Å². The summed E-state index contributed by atoms with van der Waals surface area (Å²) in [6.07, 6.45) is -6.77. The van der Waals surface area contributed by atoms with E-state index in [0.29, 0.717) is 18.4 Å². The lowest BCUT2D eigenvalue weighted by atomic mass is 9.83. The predicted molar refractivity (Wildman–Crippen MR) is 144 cm³/mol. The third kappa shape index (κ3) is 7.25. The van der Waals surface area contributed by atoms with Crippen molar-refractivity contribution in [3.05, 3.63) is 35.4 Å². The number of ether oxygens (including phenoxy) is 6. The predicted octanol–water partition coefficient (Wildman–Crippen LogP) is -0.392. The van der Waals surface area contributed by atoms with E-state index in [1.54, 1.807) is 24.3 Å². The third-order valence-corrected chi connectivity index (χ3v) is 7.27. The molecule has 0 bridgehead atoms. The van der Waals surface area contributed by atoms with Gasteiger partial charge in [-0.15, -0.1) is 0 Å². The van der Waals surface area contributed by atoms with Crippen LogP contribution in [0, 0.1) is 11.8 Å². The lowest BCUT2D eigenvalue weighted by Gasteiger charge is -2.39. The van der Waals surface area contributed by atoms with Gasteiger partial charge in [0, 0.05) is 13.2 Å². The highest BCUT2D eigenvalue weighted by Gasteiger charge is 2.45. The maximum atomic E-state index is 10.4. The van der Waals surface area contributed by atoms with Crippen molar-refractivity contribution in [3.63, 3.8) is 0 Å². The lowest BCUT2D eigenvalue weighted by molar-refractivity contribution is -0.277. The molecule has 1 saturated heterocycles. The molecule has 0 spiro atoms. The summed E-state index contributed by atoms with van der Waals surface area (Å²) in [7, 11) is 5.63. The number of aliphatic hydroxyl groups is 6. The molecule has 3 rings (SSSR count). The van der Waals surface area contributed by atoms with E-state index in [1.807, 2.05) is 0 Å². The minimum atomic E-state index is -1.64. The molecule has 1 fully saturated rings. The summed E-state index contributed by atoms with van der Waals surface area (Å²) in [5, 5.41) is 70.7. The van der Waals surface area contributed by atoms with Crippen molar-refractivity contribution in [2.45, 2.75) is 43.5 Å². The summed E-state index contributed by atoms with van der Waals surface area (Å²) >= 11 is 0. The Morgan fingerprint density at radius 3 is 1.51 bits per heavy atom. The van der Waals surface area contributed by atoms with Crippen molar-refractivity contribution in [1.82, 2.24) is 0 Å². The number of phenolic OH excluding ortho intramolecular Hbond substituents is 1. The first-order valence-electron chi connectivity index (χ1n) is 13.0. The van der Waals surface area contributed by atoms with Crippen LogP contribution in [0.25, 0.3) is 0 Å². The molecule has 13 heteroatoms. The van der Waals surface area contributed by atoms with Crippen LogP contribution in [0.2, 0.25) is 0 Å². The van der Waals surface area contributed by atoms with Gasteiger partial charge >= 0.3 is 0 Å². The number of methoxy groups -OCH3 is 4. The molecule has 0 unspecified atom stereocenters. The second-order valence-electron chi connectivity index (χ2n) is 9.79. The second kappa shape index (κ2) is 14.7. The standard InChI is InChI=1S/C28H40O13/c1-36-18-7-14(8-19(37-2)23(18)32)5-16(11-29)17(12-30)6-15-9-20(38-3)27(21(10-15)39-4)41-28-26(35)25(34)24(33)22(13-31)40-28/h7-10,16-17,22,24-26,28-35H,5-6,11-13H2,1-4H3/t16-,17+,22-,24-,25+,26-,28+/m1/s1. The second-order valence-corrected chi connectivity index (χ2v) is 9.79. The molecule has 2 aromatic carbocycles. The van der Waals surface area contributed by atoms with Crippen LogP contribution in [-0.2, 0) is 17.6 Å². The molecule has 0 aliphatic carbocycles. The molecular weight excluding hydrogens is 544 g/mol. The van der Waals surface area contributed by atoms with Gasteiger partial charge in [0.05, 0.1) is 35.0 Å². The molecular formula is C28H40O13. The van der Waals surface area contributed by atoms with Crippen LogP contribution in [0.3, 0.4) is 0 Å². The van der Waals surface area contributed by atoms with Gasteiger partial charge in [-0.25, -0.2) is 0 Å². The van der Waals surface area contributed by atoms with E-state index in [2.05, 4.69) is 0 Å². The van der Waals surface area contributed by atoms with E-state index in [0.717, 1.165) is 5.56 Å². The van der Waals surface area contributed by atoms with E-state index in [1.165, 1.54) is 28.4 Å². The summed E-state index contributed by atoms with van der Waals surface area (Å²) in [5.41, 5.74) is 1.41. The summed E-state index contributed by atoms with van der Waals surface area (Å²) in [6.45, 7) is -1.09. The van der Waals surface area contributed by atoms with E-state index in [4.69, 9.17) is 28.4 Å². The monoisotopic (exact) mass is 584 g/mol. The van der Waals surface area contributed by atoms with Crippen molar-refractivity contribution < 1.29 is 64.2 Å². The fraction of sp³-hybridized carbons (Fsp3) is 0.571. The topological polar surface area (TPSA) is 197 Å². The quantitative estimate of drug-likeness (QED) is 0.152. The molecule has 0 amide bonds. The van der Waals surface area contributed by atoms with Crippen LogP contribution in [-0.4, -0.2) is 115 Å². The largest absolute Gasteiger partial charge is 0.502 e. The molecule has 1 heterocycles. The van der Waals surface area contributed by atoms with Crippen molar-refractivity contribution in [3.8, 4) is 34.5 Å². The number of hydrogen-bond acceptors (Lipinski definition) is 13. The van der Waals surface area contributed by atoms with Gasteiger partial charge in [0.2, 0.25) is 17.8 Å². The first-order valence-corrected chi connectivity index (χ1v) is 13.0. The van der Waals surface area contributed by atoms with Crippen LogP contribution in [0.15, 0.2) is 24.3 Å². The zero-order valence-electron chi connectivity index (χ0n) is 23.5. The summed E-state index contributed by atoms with van der Waals surface area (Å²) < 4.78 is 32.7. The molecule has 0 radical (unpaired) electrons. The van der Waals surface area contributed by atoms with Crippen molar-refractivity contribution in [2.75, 3.05) is 48.3 Å². The maximum absolute atomic E-state index is 10.4. The molecule has 41 heavy (non-hydrogen) atoms. The minimum absolute atomic E-state index is 0.0469. The van der Waals surface area contributed by atoms with Crippen LogP contribution in [0.5, 0.6) is 34.5 Å². The van der Waals surface area contributed by atoms with Crippen molar-refractivity contribution in [2.24, 2.45) is 11.8 Å². The molecule has 0 aromatic heterocycles. The number of aliphatic hydroxyl groups excluding tert-OH is 6.